The minimum Gasteiger partial charge on any atom is -0.481 e. The molecule has 0 aliphatic rings. The van der Waals surface area contributed by atoms with E-state index in [2.05, 4.69) is 4.74 Å². The van der Waals surface area contributed by atoms with Gasteiger partial charge in [-0.25, -0.2) is 4.39 Å². The number of aryl methyl sites for hydroxylation is 1. The third kappa shape index (κ3) is 2.88. The molecule has 3 nitrogen and oxygen atoms in total. The van der Waals surface area contributed by atoms with Gasteiger partial charge >= 0.3 is 12.6 Å². The summed E-state index contributed by atoms with van der Waals surface area (Å²) in [6.07, 6.45) is -0.564. The van der Waals surface area contributed by atoms with Crippen LogP contribution in [0.15, 0.2) is 12.1 Å². The Morgan fingerprint density at radius 3 is 2.62 bits per heavy atom. The van der Waals surface area contributed by atoms with Crippen LogP contribution in [-0.4, -0.2) is 17.7 Å². The fraction of sp³-hybridized carbons (Fsp3) is 0.300. The Hall–Kier alpha value is -1.72. The van der Waals surface area contributed by atoms with E-state index in [-0.39, 0.29) is 5.56 Å². The molecule has 6 heteroatoms. The minimum atomic E-state index is -3.19. The Labute approximate surface area is 89.5 Å². The molecular formula is C10H9F3O3. The summed E-state index contributed by atoms with van der Waals surface area (Å²) in [6, 6.07) is 2.27. The molecule has 0 spiro atoms. The molecule has 1 aromatic carbocycles. The maximum absolute atomic E-state index is 13.2. The van der Waals surface area contributed by atoms with Gasteiger partial charge in [0.05, 0.1) is 6.42 Å². The van der Waals surface area contributed by atoms with E-state index in [1.807, 2.05) is 0 Å². The van der Waals surface area contributed by atoms with Crippen molar-refractivity contribution in [2.45, 2.75) is 20.0 Å². The van der Waals surface area contributed by atoms with Crippen LogP contribution in [0.5, 0.6) is 5.75 Å². The van der Waals surface area contributed by atoms with Crippen molar-refractivity contribution in [3.05, 3.63) is 29.1 Å². The van der Waals surface area contributed by atoms with Gasteiger partial charge in [0.1, 0.15) is 0 Å². The standard InChI is InChI=1S/C10H9F3O3/c1-5-2-3-7(11)9(16-10(12)13)6(5)4-8(14)15/h2-3,10H,4H2,1H3,(H,14,15). The third-order valence-electron chi connectivity index (χ3n) is 1.98. The number of hydrogen-bond donors (Lipinski definition) is 1. The summed E-state index contributed by atoms with van der Waals surface area (Å²) in [7, 11) is 0. The van der Waals surface area contributed by atoms with Gasteiger partial charge in [-0.2, -0.15) is 8.78 Å². The number of hydrogen-bond acceptors (Lipinski definition) is 2. The Kier molecular flexibility index (Phi) is 3.76. The number of alkyl halides is 2. The molecule has 0 saturated heterocycles. The van der Waals surface area contributed by atoms with Crippen LogP contribution in [0, 0.1) is 12.7 Å². The van der Waals surface area contributed by atoms with E-state index in [1.165, 1.54) is 13.0 Å². The third-order valence-corrected chi connectivity index (χ3v) is 1.98. The van der Waals surface area contributed by atoms with Crippen molar-refractivity contribution in [1.82, 2.24) is 0 Å². The molecule has 0 radical (unpaired) electrons. The van der Waals surface area contributed by atoms with E-state index in [0.717, 1.165) is 6.07 Å². The number of carbonyl (C=O) groups is 1. The number of ether oxygens (including phenoxy) is 1. The molecule has 0 amide bonds. The Bertz CT molecular complexity index is 405. The first-order chi connectivity index (χ1) is 7.41. The maximum atomic E-state index is 13.2. The predicted octanol–water partition coefficient (Wildman–Crippen LogP) is 2.36. The molecule has 0 aromatic heterocycles. The molecule has 0 bridgehead atoms. The van der Waals surface area contributed by atoms with Gasteiger partial charge in [0.25, 0.3) is 0 Å². The zero-order chi connectivity index (χ0) is 12.3. The van der Waals surface area contributed by atoms with Crippen LogP contribution in [-0.2, 0) is 11.2 Å². The highest BCUT2D eigenvalue weighted by Crippen LogP contribution is 2.28. The van der Waals surface area contributed by atoms with Crippen molar-refractivity contribution < 1.29 is 27.8 Å². The highest BCUT2D eigenvalue weighted by atomic mass is 19.3. The number of halogens is 3. The lowest BCUT2D eigenvalue weighted by molar-refractivity contribution is -0.136. The second-order valence-corrected chi connectivity index (χ2v) is 3.12. The summed E-state index contributed by atoms with van der Waals surface area (Å²) in [5, 5.41) is 8.58. The summed E-state index contributed by atoms with van der Waals surface area (Å²) in [5.74, 6) is -2.94. The van der Waals surface area contributed by atoms with Crippen molar-refractivity contribution in [2.24, 2.45) is 0 Å². The fourth-order valence-corrected chi connectivity index (χ4v) is 1.29. The second-order valence-electron chi connectivity index (χ2n) is 3.12. The molecule has 0 unspecified atom stereocenters. The van der Waals surface area contributed by atoms with Gasteiger partial charge in [0.2, 0.25) is 0 Å². The van der Waals surface area contributed by atoms with Crippen LogP contribution < -0.4 is 4.74 Å². The van der Waals surface area contributed by atoms with E-state index in [9.17, 15) is 18.0 Å². The first kappa shape index (κ1) is 12.4. The van der Waals surface area contributed by atoms with Gasteiger partial charge in [-0.3, -0.25) is 4.79 Å². The molecule has 0 fully saturated rings. The van der Waals surface area contributed by atoms with Crippen LogP contribution in [0.1, 0.15) is 11.1 Å². The van der Waals surface area contributed by atoms with Crippen LogP contribution in [0.2, 0.25) is 0 Å². The summed E-state index contributed by atoms with van der Waals surface area (Å²) in [4.78, 5) is 10.5. The van der Waals surface area contributed by atoms with E-state index in [4.69, 9.17) is 5.11 Å². The number of rotatable bonds is 4. The molecule has 16 heavy (non-hydrogen) atoms. The van der Waals surface area contributed by atoms with Gasteiger partial charge in [0, 0.05) is 5.56 Å². The van der Waals surface area contributed by atoms with E-state index in [0.29, 0.717) is 5.56 Å². The monoisotopic (exact) mass is 234 g/mol. The lowest BCUT2D eigenvalue weighted by Crippen LogP contribution is -2.10. The first-order valence-electron chi connectivity index (χ1n) is 4.36. The van der Waals surface area contributed by atoms with E-state index >= 15 is 0 Å². The number of benzene rings is 1. The molecule has 0 saturated carbocycles. The quantitative estimate of drug-likeness (QED) is 0.869. The van der Waals surface area contributed by atoms with Crippen molar-refractivity contribution in [2.75, 3.05) is 0 Å². The smallest absolute Gasteiger partial charge is 0.387 e. The molecule has 0 aliphatic carbocycles. The molecule has 0 heterocycles. The lowest BCUT2D eigenvalue weighted by atomic mass is 10.0. The van der Waals surface area contributed by atoms with Crippen LogP contribution >= 0.6 is 0 Å². The maximum Gasteiger partial charge on any atom is 0.387 e. The van der Waals surface area contributed by atoms with Crippen LogP contribution in [0.3, 0.4) is 0 Å². The molecule has 0 aliphatic heterocycles. The molecule has 1 N–H and O–H groups in total. The lowest BCUT2D eigenvalue weighted by Gasteiger charge is -2.12. The number of carboxylic acid groups (broad SMARTS) is 1. The van der Waals surface area contributed by atoms with Gasteiger partial charge in [-0.05, 0) is 18.6 Å². The zero-order valence-corrected chi connectivity index (χ0v) is 8.34. The average Bonchev–Trinajstić information content (AvgIpc) is 2.16. The normalized spacial score (nSPS) is 10.6. The SMILES string of the molecule is Cc1ccc(F)c(OC(F)F)c1CC(=O)O. The fourth-order valence-electron chi connectivity index (χ4n) is 1.29. The van der Waals surface area contributed by atoms with Crippen molar-refractivity contribution in [1.29, 1.82) is 0 Å². The molecule has 1 rings (SSSR count). The molecule has 88 valence electrons. The Morgan fingerprint density at radius 2 is 2.12 bits per heavy atom. The van der Waals surface area contributed by atoms with Crippen LogP contribution in [0.4, 0.5) is 13.2 Å². The first-order valence-corrected chi connectivity index (χ1v) is 4.36. The number of aliphatic carboxylic acids is 1. The van der Waals surface area contributed by atoms with Gasteiger partial charge in [-0.15, -0.1) is 0 Å². The Balaban J connectivity index is 3.19. The highest BCUT2D eigenvalue weighted by molar-refractivity contribution is 5.72. The molecule has 0 atom stereocenters. The predicted molar refractivity (Wildman–Crippen MR) is 49.1 cm³/mol. The van der Waals surface area contributed by atoms with Crippen molar-refractivity contribution in [3.63, 3.8) is 0 Å². The average molecular weight is 234 g/mol. The summed E-state index contributed by atoms with van der Waals surface area (Å²) < 4.78 is 41.2. The largest absolute Gasteiger partial charge is 0.481 e. The molecular weight excluding hydrogens is 225 g/mol. The number of carboxylic acids is 1. The second kappa shape index (κ2) is 4.87. The van der Waals surface area contributed by atoms with Gasteiger partial charge < -0.3 is 9.84 Å². The van der Waals surface area contributed by atoms with Gasteiger partial charge in [-0.1, -0.05) is 6.07 Å². The van der Waals surface area contributed by atoms with E-state index < -0.39 is 30.6 Å². The summed E-state index contributed by atoms with van der Waals surface area (Å²) in [6.45, 7) is -1.69. The van der Waals surface area contributed by atoms with Crippen LogP contribution in [0.25, 0.3) is 0 Å². The summed E-state index contributed by atoms with van der Waals surface area (Å²) in [5.41, 5.74) is 0.312. The minimum absolute atomic E-state index is 0.0761. The topological polar surface area (TPSA) is 46.5 Å². The van der Waals surface area contributed by atoms with Crippen molar-refractivity contribution in [3.8, 4) is 5.75 Å². The molecule has 1 aromatic rings. The summed E-state index contributed by atoms with van der Waals surface area (Å²) >= 11 is 0. The zero-order valence-electron chi connectivity index (χ0n) is 8.34. The van der Waals surface area contributed by atoms with E-state index in [1.54, 1.807) is 0 Å². The van der Waals surface area contributed by atoms with Gasteiger partial charge in [0.15, 0.2) is 11.6 Å². The highest BCUT2D eigenvalue weighted by Gasteiger charge is 2.18. The van der Waals surface area contributed by atoms with Crippen molar-refractivity contribution >= 4 is 5.97 Å². The Morgan fingerprint density at radius 1 is 1.50 bits per heavy atom.